The van der Waals surface area contributed by atoms with Crippen molar-refractivity contribution in [2.75, 3.05) is 0 Å². The van der Waals surface area contributed by atoms with Gasteiger partial charge in [0.2, 0.25) is 0 Å². The van der Waals surface area contributed by atoms with Crippen LogP contribution in [0.25, 0.3) is 0 Å². The van der Waals surface area contributed by atoms with E-state index < -0.39 is 11.7 Å². The molecule has 0 saturated heterocycles. The third-order valence-electron chi connectivity index (χ3n) is 6.28. The average molecular weight is 380 g/mol. The summed E-state index contributed by atoms with van der Waals surface area (Å²) in [5.41, 5.74) is 0.306. The molecule has 1 aromatic carbocycles. The van der Waals surface area contributed by atoms with Crippen LogP contribution in [0.15, 0.2) is 18.2 Å². The molecular weight excluding hydrogens is 353 g/mol. The number of hydrogen-bond acceptors (Lipinski definition) is 2. The Hall–Kier alpha value is -1.56. The largest absolute Gasteiger partial charge is 0.416 e. The lowest BCUT2D eigenvalue weighted by molar-refractivity contribution is -0.137. The molecule has 3 fully saturated rings. The van der Waals surface area contributed by atoms with E-state index >= 15 is 0 Å². The van der Waals surface area contributed by atoms with Crippen molar-refractivity contribution in [1.82, 2.24) is 10.6 Å². The van der Waals surface area contributed by atoms with E-state index in [2.05, 4.69) is 10.6 Å². The number of alkyl halides is 3. The van der Waals surface area contributed by atoms with Gasteiger partial charge in [0.05, 0.1) is 5.56 Å². The molecule has 3 aliphatic rings. The maximum atomic E-state index is 13.0. The Morgan fingerprint density at radius 1 is 0.926 bits per heavy atom. The molecule has 148 valence electrons. The van der Waals surface area contributed by atoms with Crippen LogP contribution in [-0.4, -0.2) is 24.0 Å². The summed E-state index contributed by atoms with van der Waals surface area (Å²) in [6.07, 6.45) is 5.30. The smallest absolute Gasteiger partial charge is 0.348 e. The molecule has 6 heteroatoms. The summed E-state index contributed by atoms with van der Waals surface area (Å²) in [6, 6.07) is 4.45. The van der Waals surface area contributed by atoms with Gasteiger partial charge in [0.25, 0.3) is 5.91 Å². The zero-order chi connectivity index (χ0) is 19.0. The van der Waals surface area contributed by atoms with Crippen LogP contribution in [0.3, 0.4) is 0 Å². The second-order valence-corrected chi connectivity index (χ2v) is 8.34. The highest BCUT2D eigenvalue weighted by molar-refractivity contribution is 5.96. The van der Waals surface area contributed by atoms with Crippen molar-refractivity contribution in [3.05, 3.63) is 34.9 Å². The van der Waals surface area contributed by atoms with Gasteiger partial charge in [-0.25, -0.2) is 0 Å². The standard InChI is InChI=1S/C21H27F3N2O/c22-21(23,24)14-10-11-16(17(12-14)13-8-9-13)20(27)26-19-7-3-6-18(19)25-15-4-1-2-5-15/h10-13,15,18-19,25H,1-9H2,(H,26,27)/t18-,19+/m0/s1. The van der Waals surface area contributed by atoms with E-state index in [1.165, 1.54) is 37.8 Å². The first kappa shape index (κ1) is 18.8. The maximum absolute atomic E-state index is 13.0. The van der Waals surface area contributed by atoms with E-state index in [1.54, 1.807) is 0 Å². The first-order chi connectivity index (χ1) is 12.9. The van der Waals surface area contributed by atoms with E-state index in [9.17, 15) is 18.0 Å². The fourth-order valence-corrected chi connectivity index (χ4v) is 4.65. The van der Waals surface area contributed by atoms with Crippen molar-refractivity contribution in [1.29, 1.82) is 0 Å². The summed E-state index contributed by atoms with van der Waals surface area (Å²) in [5, 5.41) is 6.82. The number of halogens is 3. The fourth-order valence-electron chi connectivity index (χ4n) is 4.65. The van der Waals surface area contributed by atoms with Crippen LogP contribution in [0.1, 0.15) is 85.2 Å². The fraction of sp³-hybridized carbons (Fsp3) is 0.667. The molecule has 0 bridgehead atoms. The van der Waals surface area contributed by atoms with Crippen LogP contribution in [-0.2, 0) is 6.18 Å². The van der Waals surface area contributed by atoms with Crippen molar-refractivity contribution < 1.29 is 18.0 Å². The Labute approximate surface area is 158 Å². The number of nitrogens with one attached hydrogen (secondary N) is 2. The van der Waals surface area contributed by atoms with E-state index in [-0.39, 0.29) is 23.9 Å². The van der Waals surface area contributed by atoms with Crippen LogP contribution >= 0.6 is 0 Å². The van der Waals surface area contributed by atoms with Crippen LogP contribution in [0.4, 0.5) is 13.2 Å². The van der Waals surface area contributed by atoms with Crippen molar-refractivity contribution >= 4 is 5.91 Å². The minimum absolute atomic E-state index is 0.0624. The summed E-state index contributed by atoms with van der Waals surface area (Å²) >= 11 is 0. The first-order valence-electron chi connectivity index (χ1n) is 10.2. The predicted octanol–water partition coefficient (Wildman–Crippen LogP) is 4.77. The number of hydrogen-bond donors (Lipinski definition) is 2. The van der Waals surface area contributed by atoms with Crippen LogP contribution in [0.5, 0.6) is 0 Å². The highest BCUT2D eigenvalue weighted by Gasteiger charge is 2.36. The van der Waals surface area contributed by atoms with Gasteiger partial charge >= 0.3 is 6.18 Å². The highest BCUT2D eigenvalue weighted by atomic mass is 19.4. The lowest BCUT2D eigenvalue weighted by Crippen LogP contribution is -2.49. The summed E-state index contributed by atoms with van der Waals surface area (Å²) in [6.45, 7) is 0. The minimum Gasteiger partial charge on any atom is -0.348 e. The monoisotopic (exact) mass is 380 g/mol. The molecule has 2 atom stereocenters. The normalized spacial score (nSPS) is 26.5. The topological polar surface area (TPSA) is 41.1 Å². The molecule has 3 aliphatic carbocycles. The second kappa shape index (κ2) is 7.46. The number of benzene rings is 1. The van der Waals surface area contributed by atoms with E-state index in [0.717, 1.165) is 38.2 Å². The number of carbonyl (C=O) groups excluding carboxylic acids is 1. The van der Waals surface area contributed by atoms with E-state index in [4.69, 9.17) is 0 Å². The van der Waals surface area contributed by atoms with Crippen LogP contribution in [0.2, 0.25) is 0 Å². The molecule has 0 aliphatic heterocycles. The molecule has 0 aromatic heterocycles. The van der Waals surface area contributed by atoms with Gasteiger partial charge in [-0.05, 0) is 74.6 Å². The van der Waals surface area contributed by atoms with E-state index in [1.807, 2.05) is 0 Å². The quantitative estimate of drug-likeness (QED) is 0.773. The second-order valence-electron chi connectivity index (χ2n) is 8.34. The molecule has 1 aromatic rings. The Balaban J connectivity index is 1.47. The molecule has 3 saturated carbocycles. The molecule has 27 heavy (non-hydrogen) atoms. The summed E-state index contributed by atoms with van der Waals surface area (Å²) in [5.74, 6) is -0.139. The lowest BCUT2D eigenvalue weighted by Gasteiger charge is -2.26. The zero-order valence-electron chi connectivity index (χ0n) is 15.4. The third kappa shape index (κ3) is 4.31. The predicted molar refractivity (Wildman–Crippen MR) is 97.7 cm³/mol. The molecule has 0 radical (unpaired) electrons. The Morgan fingerprint density at radius 3 is 2.30 bits per heavy atom. The average Bonchev–Trinajstić information content (AvgIpc) is 3.19. The third-order valence-corrected chi connectivity index (χ3v) is 6.28. The van der Waals surface area contributed by atoms with E-state index in [0.29, 0.717) is 17.2 Å². The Morgan fingerprint density at radius 2 is 1.63 bits per heavy atom. The maximum Gasteiger partial charge on any atom is 0.416 e. The van der Waals surface area contributed by atoms with Crippen LogP contribution in [0, 0.1) is 0 Å². The molecule has 0 heterocycles. The van der Waals surface area contributed by atoms with Crippen molar-refractivity contribution in [3.8, 4) is 0 Å². The molecule has 2 N–H and O–H groups in total. The minimum atomic E-state index is -4.37. The van der Waals surface area contributed by atoms with Gasteiger partial charge in [0.15, 0.2) is 0 Å². The van der Waals surface area contributed by atoms with Crippen LogP contribution < -0.4 is 10.6 Å². The van der Waals surface area contributed by atoms with Gasteiger partial charge in [0, 0.05) is 23.7 Å². The van der Waals surface area contributed by atoms with Gasteiger partial charge in [-0.15, -0.1) is 0 Å². The summed E-state index contributed by atoms with van der Waals surface area (Å²) in [7, 11) is 0. The first-order valence-corrected chi connectivity index (χ1v) is 10.2. The zero-order valence-corrected chi connectivity index (χ0v) is 15.4. The van der Waals surface area contributed by atoms with Gasteiger partial charge in [-0.3, -0.25) is 4.79 Å². The van der Waals surface area contributed by atoms with Crippen molar-refractivity contribution in [3.63, 3.8) is 0 Å². The number of rotatable bonds is 5. The Kier molecular flexibility index (Phi) is 5.19. The summed E-state index contributed by atoms with van der Waals surface area (Å²) < 4.78 is 39.1. The Bertz CT molecular complexity index is 693. The number of carbonyl (C=O) groups is 1. The number of amides is 1. The molecule has 4 rings (SSSR count). The van der Waals surface area contributed by atoms with Crippen molar-refractivity contribution in [2.45, 2.75) is 88.0 Å². The molecule has 0 unspecified atom stereocenters. The van der Waals surface area contributed by atoms with Crippen molar-refractivity contribution in [2.24, 2.45) is 0 Å². The molecule has 3 nitrogen and oxygen atoms in total. The van der Waals surface area contributed by atoms with Gasteiger partial charge < -0.3 is 10.6 Å². The summed E-state index contributed by atoms with van der Waals surface area (Å²) in [4.78, 5) is 12.9. The SMILES string of the molecule is O=C(N[C@@H]1CCC[C@@H]1NC1CCCC1)c1ccc(C(F)(F)F)cc1C1CC1. The highest BCUT2D eigenvalue weighted by Crippen LogP contribution is 2.43. The molecular formula is C21H27F3N2O. The molecule has 0 spiro atoms. The molecule has 1 amide bonds. The van der Waals surface area contributed by atoms with Gasteiger partial charge in [-0.2, -0.15) is 13.2 Å². The lowest BCUT2D eigenvalue weighted by atomic mass is 9.98. The van der Waals surface area contributed by atoms with Gasteiger partial charge in [0.1, 0.15) is 0 Å². The van der Waals surface area contributed by atoms with Gasteiger partial charge in [-0.1, -0.05) is 12.8 Å².